The van der Waals surface area contributed by atoms with Crippen molar-refractivity contribution in [1.29, 1.82) is 0 Å². The Morgan fingerprint density at radius 2 is 2.22 bits per heavy atom. The van der Waals surface area contributed by atoms with Crippen LogP contribution in [0.25, 0.3) is 11.5 Å². The highest BCUT2D eigenvalue weighted by Crippen LogP contribution is 2.31. The first-order chi connectivity index (χ1) is 8.74. The number of benzene rings is 1. The first-order valence-corrected chi connectivity index (χ1v) is 6.41. The van der Waals surface area contributed by atoms with E-state index in [-0.39, 0.29) is 0 Å². The highest BCUT2D eigenvalue weighted by Gasteiger charge is 2.13. The maximum absolute atomic E-state index is 5.57. The fourth-order valence-electron chi connectivity index (χ4n) is 1.51. The van der Waals surface area contributed by atoms with E-state index >= 15 is 0 Å². The van der Waals surface area contributed by atoms with Gasteiger partial charge in [0.1, 0.15) is 5.75 Å². The van der Waals surface area contributed by atoms with E-state index in [2.05, 4.69) is 31.4 Å². The van der Waals surface area contributed by atoms with Gasteiger partial charge in [0.25, 0.3) is 5.89 Å². The van der Waals surface area contributed by atoms with Gasteiger partial charge in [-0.15, -0.1) is 10.2 Å². The lowest BCUT2D eigenvalue weighted by Gasteiger charge is -2.04. The maximum Gasteiger partial charge on any atom is 0.251 e. The topological polar surface area (TPSA) is 60.2 Å². The molecule has 0 bridgehead atoms. The third kappa shape index (κ3) is 2.88. The van der Waals surface area contributed by atoms with Gasteiger partial charge in [-0.25, -0.2) is 0 Å². The summed E-state index contributed by atoms with van der Waals surface area (Å²) < 4.78 is 11.8. The van der Waals surface area contributed by atoms with Crippen LogP contribution in [0, 0.1) is 0 Å². The van der Waals surface area contributed by atoms with Gasteiger partial charge in [-0.1, -0.05) is 22.9 Å². The Hall–Kier alpha value is -1.40. The van der Waals surface area contributed by atoms with Crippen LogP contribution in [0.2, 0.25) is 0 Å². The van der Waals surface area contributed by atoms with Crippen LogP contribution in [0.3, 0.4) is 0 Å². The number of hydrogen-bond acceptors (Lipinski definition) is 5. The lowest BCUT2D eigenvalue weighted by molar-refractivity contribution is 0.412. The minimum atomic E-state index is 0.465. The monoisotopic (exact) mass is 311 g/mol. The molecule has 0 aliphatic carbocycles. The number of ether oxygens (including phenoxy) is 1. The van der Waals surface area contributed by atoms with Gasteiger partial charge < -0.3 is 14.5 Å². The molecule has 2 rings (SSSR count). The number of methoxy groups -OCH3 is 1. The van der Waals surface area contributed by atoms with Crippen molar-refractivity contribution < 1.29 is 9.15 Å². The molecule has 5 nitrogen and oxygen atoms in total. The van der Waals surface area contributed by atoms with Crippen LogP contribution in [-0.4, -0.2) is 23.9 Å². The summed E-state index contributed by atoms with van der Waals surface area (Å²) in [5.74, 6) is 1.73. The van der Waals surface area contributed by atoms with E-state index in [1.54, 1.807) is 7.11 Å². The highest BCUT2D eigenvalue weighted by atomic mass is 79.9. The van der Waals surface area contributed by atoms with Gasteiger partial charge in [-0.3, -0.25) is 0 Å². The number of halogens is 1. The van der Waals surface area contributed by atoms with Crippen molar-refractivity contribution in [3.8, 4) is 17.2 Å². The second-order valence-corrected chi connectivity index (χ2v) is 4.54. The highest BCUT2D eigenvalue weighted by molar-refractivity contribution is 9.10. The number of nitrogens with one attached hydrogen (secondary N) is 1. The third-order valence-corrected chi connectivity index (χ3v) is 2.88. The zero-order chi connectivity index (χ0) is 13.0. The molecule has 18 heavy (non-hydrogen) atoms. The summed E-state index contributed by atoms with van der Waals surface area (Å²) in [6.07, 6.45) is 0. The van der Waals surface area contributed by atoms with E-state index in [1.165, 1.54) is 0 Å². The van der Waals surface area contributed by atoms with Crippen LogP contribution < -0.4 is 10.1 Å². The molecule has 0 saturated carbocycles. The molecular formula is C12H14BrN3O2. The maximum atomic E-state index is 5.57. The quantitative estimate of drug-likeness (QED) is 0.919. The first-order valence-electron chi connectivity index (χ1n) is 5.61. The van der Waals surface area contributed by atoms with Crippen LogP contribution in [0.5, 0.6) is 5.75 Å². The van der Waals surface area contributed by atoms with Crippen molar-refractivity contribution in [1.82, 2.24) is 15.5 Å². The van der Waals surface area contributed by atoms with Gasteiger partial charge in [0.15, 0.2) is 0 Å². The molecular weight excluding hydrogens is 298 g/mol. The number of nitrogens with zero attached hydrogens (tertiary/aromatic N) is 2. The molecule has 0 amide bonds. The van der Waals surface area contributed by atoms with E-state index in [0.29, 0.717) is 24.1 Å². The Morgan fingerprint density at radius 1 is 1.39 bits per heavy atom. The molecule has 0 atom stereocenters. The smallest absolute Gasteiger partial charge is 0.251 e. The summed E-state index contributed by atoms with van der Waals surface area (Å²) in [5.41, 5.74) is 0.788. The van der Waals surface area contributed by atoms with Crippen molar-refractivity contribution in [2.45, 2.75) is 13.5 Å². The zero-order valence-corrected chi connectivity index (χ0v) is 11.8. The van der Waals surface area contributed by atoms with Crippen molar-refractivity contribution in [3.05, 3.63) is 28.6 Å². The second kappa shape index (κ2) is 5.97. The first kappa shape index (κ1) is 13.0. The number of hydrogen-bond donors (Lipinski definition) is 1. The minimum absolute atomic E-state index is 0.465. The molecule has 0 aliphatic heterocycles. The van der Waals surface area contributed by atoms with Crippen molar-refractivity contribution >= 4 is 15.9 Å². The van der Waals surface area contributed by atoms with E-state index < -0.39 is 0 Å². The molecule has 6 heteroatoms. The molecule has 2 aromatic rings. The minimum Gasteiger partial charge on any atom is -0.496 e. The van der Waals surface area contributed by atoms with Crippen molar-refractivity contribution in [2.75, 3.05) is 13.7 Å². The Labute approximate surface area is 114 Å². The Bertz CT molecular complexity index is 528. The zero-order valence-electron chi connectivity index (χ0n) is 10.2. The summed E-state index contributed by atoms with van der Waals surface area (Å²) in [6, 6.07) is 5.66. The molecule has 1 N–H and O–H groups in total. The summed E-state index contributed by atoms with van der Waals surface area (Å²) in [4.78, 5) is 0. The van der Waals surface area contributed by atoms with Crippen LogP contribution in [-0.2, 0) is 6.54 Å². The summed E-state index contributed by atoms with van der Waals surface area (Å²) in [5, 5.41) is 11.1. The third-order valence-electron chi connectivity index (χ3n) is 2.39. The number of rotatable bonds is 5. The second-order valence-electron chi connectivity index (χ2n) is 3.63. The average Bonchev–Trinajstić information content (AvgIpc) is 2.84. The lowest BCUT2D eigenvalue weighted by Crippen LogP contribution is -2.11. The van der Waals surface area contributed by atoms with Gasteiger partial charge in [-0.2, -0.15) is 0 Å². The van der Waals surface area contributed by atoms with Crippen LogP contribution in [0.15, 0.2) is 27.1 Å². The van der Waals surface area contributed by atoms with Crippen LogP contribution in [0.1, 0.15) is 12.8 Å². The van der Waals surface area contributed by atoms with Crippen LogP contribution >= 0.6 is 15.9 Å². The Morgan fingerprint density at radius 3 is 2.94 bits per heavy atom. The molecule has 96 valence electrons. The fourth-order valence-corrected chi connectivity index (χ4v) is 1.85. The van der Waals surface area contributed by atoms with Gasteiger partial charge in [-0.05, 0) is 24.7 Å². The van der Waals surface area contributed by atoms with E-state index in [4.69, 9.17) is 9.15 Å². The summed E-state index contributed by atoms with van der Waals surface area (Å²) in [7, 11) is 1.61. The van der Waals surface area contributed by atoms with Gasteiger partial charge in [0, 0.05) is 4.47 Å². The van der Waals surface area contributed by atoms with Crippen molar-refractivity contribution in [3.63, 3.8) is 0 Å². The molecule has 1 aromatic heterocycles. The molecule has 0 aliphatic rings. The molecule has 0 fully saturated rings. The normalized spacial score (nSPS) is 10.6. The summed E-state index contributed by atoms with van der Waals surface area (Å²) >= 11 is 3.39. The average molecular weight is 312 g/mol. The van der Waals surface area contributed by atoms with Crippen molar-refractivity contribution in [2.24, 2.45) is 0 Å². The predicted molar refractivity (Wildman–Crippen MR) is 71.4 cm³/mol. The largest absolute Gasteiger partial charge is 0.496 e. The van der Waals surface area contributed by atoms with Gasteiger partial charge in [0.2, 0.25) is 5.89 Å². The molecule has 1 aromatic carbocycles. The summed E-state index contributed by atoms with van der Waals surface area (Å²) in [6.45, 7) is 3.46. The number of aromatic nitrogens is 2. The van der Waals surface area contributed by atoms with Gasteiger partial charge in [0.05, 0.1) is 19.2 Å². The molecule has 0 saturated heterocycles. The Kier molecular flexibility index (Phi) is 4.33. The fraction of sp³-hybridized carbons (Fsp3) is 0.333. The van der Waals surface area contributed by atoms with E-state index in [9.17, 15) is 0 Å². The van der Waals surface area contributed by atoms with E-state index in [1.807, 2.05) is 25.1 Å². The van der Waals surface area contributed by atoms with E-state index in [0.717, 1.165) is 16.6 Å². The Balaban J connectivity index is 2.28. The molecule has 0 radical (unpaired) electrons. The predicted octanol–water partition coefficient (Wildman–Crippen LogP) is 2.62. The lowest BCUT2D eigenvalue weighted by atomic mass is 10.2. The standard InChI is InChI=1S/C12H14BrN3O2/c1-3-14-7-11-15-16-12(18-11)9-5-4-8(13)6-10(9)17-2/h4-6,14H,3,7H2,1-2H3. The van der Waals surface area contributed by atoms with Crippen LogP contribution in [0.4, 0.5) is 0 Å². The van der Waals surface area contributed by atoms with Gasteiger partial charge >= 0.3 is 0 Å². The molecule has 0 spiro atoms. The SMILES string of the molecule is CCNCc1nnc(-c2ccc(Br)cc2OC)o1. The molecule has 1 heterocycles. The molecule has 0 unspecified atom stereocenters.